The van der Waals surface area contributed by atoms with E-state index in [0.717, 1.165) is 12.8 Å². The molecule has 1 aromatic heterocycles. The Morgan fingerprint density at radius 2 is 2.16 bits per heavy atom. The fourth-order valence-corrected chi connectivity index (χ4v) is 5.20. The third kappa shape index (κ3) is 4.63. The molecule has 4 rings (SSSR count). The predicted molar refractivity (Wildman–Crippen MR) is 116 cm³/mol. The molecule has 31 heavy (non-hydrogen) atoms. The van der Waals surface area contributed by atoms with E-state index in [2.05, 4.69) is 9.38 Å². The quantitative estimate of drug-likeness (QED) is 0.727. The van der Waals surface area contributed by atoms with Crippen molar-refractivity contribution in [1.29, 1.82) is 0 Å². The Labute approximate surface area is 180 Å². The number of ether oxygens (including phenoxy) is 1. The molecule has 0 spiro atoms. The molecule has 9 nitrogen and oxygen atoms in total. The number of nitrogens with two attached hydrogens (primary N) is 1. The molecule has 10 heteroatoms. The minimum Gasteiger partial charge on any atom is -0.492 e. The van der Waals surface area contributed by atoms with Crippen molar-refractivity contribution in [1.82, 2.24) is 9.88 Å². The summed E-state index contributed by atoms with van der Waals surface area (Å²) in [7, 11) is -3.61. The molecule has 2 aromatic rings. The van der Waals surface area contributed by atoms with Gasteiger partial charge in [-0.1, -0.05) is 12.1 Å². The van der Waals surface area contributed by atoms with Crippen LogP contribution in [0.4, 0.5) is 0 Å². The number of amides is 1. The van der Waals surface area contributed by atoms with Gasteiger partial charge in [-0.25, -0.2) is 8.42 Å². The number of pyridine rings is 1. The van der Waals surface area contributed by atoms with E-state index in [-0.39, 0.29) is 29.0 Å². The number of aryl methyl sites for hydroxylation is 1. The van der Waals surface area contributed by atoms with Crippen molar-refractivity contribution in [2.24, 2.45) is 16.0 Å². The van der Waals surface area contributed by atoms with Crippen molar-refractivity contribution < 1.29 is 17.9 Å². The van der Waals surface area contributed by atoms with Crippen molar-refractivity contribution in [3.8, 4) is 5.75 Å². The predicted octanol–water partition coefficient (Wildman–Crippen LogP) is 1.16. The van der Waals surface area contributed by atoms with Crippen LogP contribution in [0.25, 0.3) is 0 Å². The van der Waals surface area contributed by atoms with Crippen LogP contribution < -0.4 is 16.0 Å². The van der Waals surface area contributed by atoms with Crippen molar-refractivity contribution in [2.75, 3.05) is 19.7 Å². The Kier molecular flexibility index (Phi) is 5.57. The van der Waals surface area contributed by atoms with Gasteiger partial charge in [0.1, 0.15) is 11.6 Å². The SMILES string of the molecule is Cc1cc(C(=O)N2CCC[C@H](COc3cccc4c3C(N)=NS(=O)(=O)C4)C2)cc(=O)[nH]1. The first-order valence-electron chi connectivity index (χ1n) is 10.1. The number of sulfonamides is 1. The lowest BCUT2D eigenvalue weighted by atomic mass is 9.98. The van der Waals surface area contributed by atoms with Gasteiger partial charge in [0.05, 0.1) is 17.9 Å². The number of nitrogens with one attached hydrogen (secondary N) is 1. The number of carbonyl (C=O) groups is 1. The second kappa shape index (κ2) is 8.18. The highest BCUT2D eigenvalue weighted by atomic mass is 32.2. The van der Waals surface area contributed by atoms with Crippen LogP contribution in [0.2, 0.25) is 0 Å². The van der Waals surface area contributed by atoms with Gasteiger partial charge in [-0.2, -0.15) is 0 Å². The molecule has 0 unspecified atom stereocenters. The average molecular weight is 445 g/mol. The minimum absolute atomic E-state index is 0.0676. The number of rotatable bonds is 4. The number of nitrogens with zero attached hydrogens (tertiary/aromatic N) is 2. The molecular formula is C21H24N4O5S. The molecule has 0 aliphatic carbocycles. The van der Waals surface area contributed by atoms with Crippen molar-refractivity contribution in [3.63, 3.8) is 0 Å². The summed E-state index contributed by atoms with van der Waals surface area (Å²) in [5.41, 5.74) is 7.70. The third-order valence-corrected chi connectivity index (χ3v) is 6.60. The number of hydrogen-bond donors (Lipinski definition) is 2. The van der Waals surface area contributed by atoms with Gasteiger partial charge in [0, 0.05) is 36.3 Å². The highest BCUT2D eigenvalue weighted by Crippen LogP contribution is 2.29. The maximum atomic E-state index is 12.9. The molecule has 1 aromatic carbocycles. The monoisotopic (exact) mass is 444 g/mol. The van der Waals surface area contributed by atoms with Crippen LogP contribution in [0, 0.1) is 12.8 Å². The van der Waals surface area contributed by atoms with Crippen LogP contribution in [0.1, 0.15) is 40.0 Å². The molecule has 2 aliphatic rings. The molecule has 1 fully saturated rings. The van der Waals surface area contributed by atoms with Gasteiger partial charge in [0.2, 0.25) is 5.56 Å². The smallest absolute Gasteiger partial charge is 0.259 e. The maximum absolute atomic E-state index is 12.9. The number of H-pyrrole nitrogens is 1. The Morgan fingerprint density at radius 3 is 2.94 bits per heavy atom. The molecule has 3 heterocycles. The summed E-state index contributed by atoms with van der Waals surface area (Å²) in [5, 5.41) is 0. The fraction of sp³-hybridized carbons (Fsp3) is 0.381. The van der Waals surface area contributed by atoms with Gasteiger partial charge in [0.25, 0.3) is 15.9 Å². The van der Waals surface area contributed by atoms with Gasteiger partial charge in [-0.15, -0.1) is 4.40 Å². The number of likely N-dealkylation sites (tertiary alicyclic amines) is 1. The lowest BCUT2D eigenvalue weighted by Crippen LogP contribution is -2.42. The van der Waals surface area contributed by atoms with E-state index in [1.54, 1.807) is 36.1 Å². The second-order valence-electron chi connectivity index (χ2n) is 7.98. The highest BCUT2D eigenvalue weighted by molar-refractivity contribution is 7.89. The molecule has 0 radical (unpaired) electrons. The first kappa shape index (κ1) is 21.1. The molecule has 1 amide bonds. The molecule has 0 saturated carbocycles. The van der Waals surface area contributed by atoms with Gasteiger partial charge < -0.3 is 20.4 Å². The number of aromatic nitrogens is 1. The van der Waals surface area contributed by atoms with Gasteiger partial charge in [-0.3, -0.25) is 9.59 Å². The fourth-order valence-electron chi connectivity index (χ4n) is 4.11. The summed E-state index contributed by atoms with van der Waals surface area (Å²) in [6, 6.07) is 8.17. The summed E-state index contributed by atoms with van der Waals surface area (Å²) in [6.07, 6.45) is 1.72. The molecule has 1 saturated heterocycles. The Balaban J connectivity index is 1.46. The molecule has 2 aliphatic heterocycles. The highest BCUT2D eigenvalue weighted by Gasteiger charge is 2.28. The van der Waals surface area contributed by atoms with E-state index in [9.17, 15) is 18.0 Å². The van der Waals surface area contributed by atoms with E-state index < -0.39 is 10.0 Å². The van der Waals surface area contributed by atoms with E-state index in [0.29, 0.717) is 47.8 Å². The number of carbonyl (C=O) groups excluding carboxylic acids is 1. The zero-order valence-corrected chi connectivity index (χ0v) is 17.9. The van der Waals surface area contributed by atoms with Crippen LogP contribution in [0.3, 0.4) is 0 Å². The van der Waals surface area contributed by atoms with Crippen LogP contribution in [0.15, 0.2) is 39.5 Å². The number of fused-ring (bicyclic) bond motifs is 1. The standard InChI is InChI=1S/C21H24N4O5S/c1-13-8-16(9-18(26)23-13)21(27)25-7-3-4-14(10-25)11-30-17-6-2-5-15-12-31(28,29)24-20(22)19(15)17/h2,5-6,8-9,14H,3-4,7,10-12H2,1H3,(H2,22,24)(H,23,26)/t14-/m0/s1. The molecular weight excluding hydrogens is 420 g/mol. The van der Waals surface area contributed by atoms with Crippen LogP contribution in [0.5, 0.6) is 5.75 Å². The molecule has 1 atom stereocenters. The van der Waals surface area contributed by atoms with Crippen LogP contribution >= 0.6 is 0 Å². The topological polar surface area (TPSA) is 135 Å². The maximum Gasteiger partial charge on any atom is 0.259 e. The van der Waals surface area contributed by atoms with Crippen molar-refractivity contribution >= 4 is 21.8 Å². The van der Waals surface area contributed by atoms with Gasteiger partial charge in [0.15, 0.2) is 0 Å². The summed E-state index contributed by atoms with van der Waals surface area (Å²) >= 11 is 0. The summed E-state index contributed by atoms with van der Waals surface area (Å²) in [6.45, 7) is 3.23. The average Bonchev–Trinajstić information content (AvgIpc) is 2.70. The third-order valence-electron chi connectivity index (χ3n) is 5.45. The lowest BCUT2D eigenvalue weighted by Gasteiger charge is -2.33. The van der Waals surface area contributed by atoms with E-state index >= 15 is 0 Å². The number of hydrogen-bond acceptors (Lipinski definition) is 6. The van der Waals surface area contributed by atoms with Crippen molar-refractivity contribution in [2.45, 2.75) is 25.5 Å². The largest absolute Gasteiger partial charge is 0.492 e. The first-order valence-corrected chi connectivity index (χ1v) is 11.7. The zero-order chi connectivity index (χ0) is 22.2. The lowest BCUT2D eigenvalue weighted by molar-refractivity contribution is 0.0633. The van der Waals surface area contributed by atoms with E-state index in [1.165, 1.54) is 6.07 Å². The molecule has 164 valence electrons. The van der Waals surface area contributed by atoms with E-state index in [4.69, 9.17) is 10.5 Å². The van der Waals surface area contributed by atoms with Crippen LogP contribution in [-0.2, 0) is 15.8 Å². The normalized spacial score (nSPS) is 20.0. The summed E-state index contributed by atoms with van der Waals surface area (Å²) in [4.78, 5) is 29.0. The first-order chi connectivity index (χ1) is 14.7. The van der Waals surface area contributed by atoms with Crippen LogP contribution in [-0.4, -0.2) is 49.7 Å². The number of aromatic amines is 1. The minimum atomic E-state index is -3.61. The number of amidine groups is 1. The Hall–Kier alpha value is -3.14. The Bertz CT molecular complexity index is 1220. The second-order valence-corrected chi connectivity index (χ2v) is 9.61. The summed E-state index contributed by atoms with van der Waals surface area (Å²) < 4.78 is 33.3. The Morgan fingerprint density at radius 1 is 1.35 bits per heavy atom. The van der Waals surface area contributed by atoms with Gasteiger partial charge >= 0.3 is 0 Å². The van der Waals surface area contributed by atoms with Crippen molar-refractivity contribution in [3.05, 3.63) is 63.1 Å². The number of benzene rings is 1. The number of piperidine rings is 1. The van der Waals surface area contributed by atoms with E-state index in [1.807, 2.05) is 0 Å². The zero-order valence-electron chi connectivity index (χ0n) is 17.1. The van der Waals surface area contributed by atoms with Gasteiger partial charge in [-0.05, 0) is 37.5 Å². The summed E-state index contributed by atoms with van der Waals surface area (Å²) in [5.74, 6) is 0.144. The molecule has 3 N–H and O–H groups in total. The molecule has 0 bridgehead atoms.